The number of ether oxygens (including phenoxy) is 1. The van der Waals surface area contributed by atoms with Crippen molar-refractivity contribution in [2.24, 2.45) is 0 Å². The van der Waals surface area contributed by atoms with E-state index in [1.807, 2.05) is 57.3 Å². The molecule has 2 rings (SSSR count). The van der Waals surface area contributed by atoms with Crippen LogP contribution in [0.15, 0.2) is 48.8 Å². The van der Waals surface area contributed by atoms with Gasteiger partial charge in [-0.05, 0) is 43.2 Å². The van der Waals surface area contributed by atoms with E-state index in [-0.39, 0.29) is 12.0 Å². The molecule has 0 aliphatic carbocycles. The number of benzene rings is 1. The molecular weight excluding hydrogens is 276 g/mol. The van der Waals surface area contributed by atoms with Crippen molar-refractivity contribution in [2.75, 3.05) is 7.05 Å². The van der Waals surface area contributed by atoms with E-state index in [0.29, 0.717) is 13.0 Å². The molecule has 0 saturated heterocycles. The van der Waals surface area contributed by atoms with Crippen molar-refractivity contribution in [2.45, 2.75) is 32.9 Å². The summed E-state index contributed by atoms with van der Waals surface area (Å²) in [5.74, 6) is 0.876. The van der Waals surface area contributed by atoms with Crippen molar-refractivity contribution in [3.05, 3.63) is 59.9 Å². The van der Waals surface area contributed by atoms with Gasteiger partial charge in [0, 0.05) is 26.0 Å². The second kappa shape index (κ2) is 7.59. The van der Waals surface area contributed by atoms with Crippen LogP contribution in [0.1, 0.15) is 25.0 Å². The number of rotatable bonds is 6. The van der Waals surface area contributed by atoms with E-state index in [4.69, 9.17) is 4.74 Å². The highest BCUT2D eigenvalue weighted by atomic mass is 16.5. The van der Waals surface area contributed by atoms with E-state index in [0.717, 1.165) is 16.9 Å². The molecule has 0 aliphatic heterocycles. The molecule has 1 heterocycles. The first-order valence-corrected chi connectivity index (χ1v) is 7.43. The van der Waals surface area contributed by atoms with Crippen molar-refractivity contribution in [1.82, 2.24) is 9.88 Å². The second-order valence-corrected chi connectivity index (χ2v) is 5.60. The van der Waals surface area contributed by atoms with Gasteiger partial charge in [-0.2, -0.15) is 0 Å². The van der Waals surface area contributed by atoms with E-state index >= 15 is 0 Å². The van der Waals surface area contributed by atoms with E-state index in [9.17, 15) is 4.79 Å². The summed E-state index contributed by atoms with van der Waals surface area (Å²) in [5.41, 5.74) is 1.98. The lowest BCUT2D eigenvalue weighted by atomic mass is 10.1. The maximum atomic E-state index is 12.3. The zero-order valence-electron chi connectivity index (χ0n) is 13.3. The fourth-order valence-electron chi connectivity index (χ4n) is 2.16. The maximum Gasteiger partial charge on any atom is 0.227 e. The van der Waals surface area contributed by atoms with E-state index in [1.54, 1.807) is 17.3 Å². The van der Waals surface area contributed by atoms with Gasteiger partial charge in [-0.1, -0.05) is 18.2 Å². The highest BCUT2D eigenvalue weighted by Crippen LogP contribution is 2.16. The number of hydrogen-bond donors (Lipinski definition) is 0. The Morgan fingerprint density at radius 3 is 2.68 bits per heavy atom. The maximum absolute atomic E-state index is 12.3. The van der Waals surface area contributed by atoms with Crippen LogP contribution in [0.5, 0.6) is 5.75 Å². The largest absolute Gasteiger partial charge is 0.491 e. The van der Waals surface area contributed by atoms with Crippen molar-refractivity contribution >= 4 is 5.91 Å². The highest BCUT2D eigenvalue weighted by molar-refractivity contribution is 5.78. The zero-order chi connectivity index (χ0) is 15.9. The number of carbonyl (C=O) groups is 1. The van der Waals surface area contributed by atoms with Crippen molar-refractivity contribution in [1.29, 1.82) is 0 Å². The van der Waals surface area contributed by atoms with Crippen molar-refractivity contribution in [3.8, 4) is 5.75 Å². The number of nitrogens with zero attached hydrogens (tertiary/aromatic N) is 2. The number of amides is 1. The minimum atomic E-state index is 0.0746. The van der Waals surface area contributed by atoms with Gasteiger partial charge < -0.3 is 9.64 Å². The summed E-state index contributed by atoms with van der Waals surface area (Å²) in [6, 6.07) is 11.5. The van der Waals surface area contributed by atoms with Crippen LogP contribution in [0.4, 0.5) is 0 Å². The summed E-state index contributed by atoms with van der Waals surface area (Å²) in [6.45, 7) is 4.54. The van der Waals surface area contributed by atoms with Gasteiger partial charge in [-0.3, -0.25) is 9.78 Å². The molecule has 4 nitrogen and oxygen atoms in total. The summed E-state index contributed by atoms with van der Waals surface area (Å²) in [4.78, 5) is 18.1. The molecule has 0 atom stereocenters. The Morgan fingerprint density at radius 1 is 1.23 bits per heavy atom. The fourth-order valence-corrected chi connectivity index (χ4v) is 2.16. The summed E-state index contributed by atoms with van der Waals surface area (Å²) in [7, 11) is 1.81. The predicted octanol–water partition coefficient (Wildman–Crippen LogP) is 3.07. The minimum Gasteiger partial charge on any atom is -0.491 e. The third-order valence-electron chi connectivity index (χ3n) is 3.19. The summed E-state index contributed by atoms with van der Waals surface area (Å²) in [5, 5.41) is 0. The summed E-state index contributed by atoms with van der Waals surface area (Å²) < 4.78 is 5.66. The van der Waals surface area contributed by atoms with Gasteiger partial charge in [0.1, 0.15) is 5.75 Å². The van der Waals surface area contributed by atoms with Crippen molar-refractivity contribution < 1.29 is 9.53 Å². The quantitative estimate of drug-likeness (QED) is 0.823. The van der Waals surface area contributed by atoms with E-state index in [1.165, 1.54) is 0 Å². The third kappa shape index (κ3) is 4.88. The van der Waals surface area contributed by atoms with Gasteiger partial charge in [0.2, 0.25) is 5.91 Å². The number of hydrogen-bond acceptors (Lipinski definition) is 3. The Hall–Kier alpha value is -2.36. The van der Waals surface area contributed by atoms with Crippen LogP contribution in [0.25, 0.3) is 0 Å². The monoisotopic (exact) mass is 298 g/mol. The van der Waals surface area contributed by atoms with E-state index < -0.39 is 0 Å². The van der Waals surface area contributed by atoms with Crippen LogP contribution < -0.4 is 4.74 Å². The number of pyridine rings is 1. The van der Waals surface area contributed by atoms with Crippen LogP contribution in [0.2, 0.25) is 0 Å². The molecule has 4 heteroatoms. The SMILES string of the molecule is CC(C)Oc1cccc(CC(=O)N(C)Cc2cccnc2)c1. The highest BCUT2D eigenvalue weighted by Gasteiger charge is 2.11. The molecule has 0 aliphatic rings. The first-order valence-electron chi connectivity index (χ1n) is 7.43. The lowest BCUT2D eigenvalue weighted by molar-refractivity contribution is -0.129. The molecule has 1 aromatic carbocycles. The minimum absolute atomic E-state index is 0.0746. The Balaban J connectivity index is 1.96. The van der Waals surface area contributed by atoms with Crippen LogP contribution in [-0.4, -0.2) is 28.9 Å². The topological polar surface area (TPSA) is 42.4 Å². The van der Waals surface area contributed by atoms with Crippen LogP contribution in [0.3, 0.4) is 0 Å². The second-order valence-electron chi connectivity index (χ2n) is 5.60. The Kier molecular flexibility index (Phi) is 5.53. The first-order chi connectivity index (χ1) is 10.5. The Morgan fingerprint density at radius 2 is 2.00 bits per heavy atom. The van der Waals surface area contributed by atoms with Gasteiger partial charge in [0.25, 0.3) is 0 Å². The number of aromatic nitrogens is 1. The Bertz CT molecular complexity index is 611. The normalized spacial score (nSPS) is 10.5. The fraction of sp³-hybridized carbons (Fsp3) is 0.333. The van der Waals surface area contributed by atoms with Gasteiger partial charge in [0.05, 0.1) is 12.5 Å². The summed E-state index contributed by atoms with van der Waals surface area (Å²) in [6.07, 6.45) is 4.00. The van der Waals surface area contributed by atoms with E-state index in [2.05, 4.69) is 4.98 Å². The Labute approximate surface area is 131 Å². The molecule has 0 fully saturated rings. The van der Waals surface area contributed by atoms with Gasteiger partial charge in [0.15, 0.2) is 0 Å². The molecule has 0 N–H and O–H groups in total. The molecule has 0 radical (unpaired) electrons. The van der Waals surface area contributed by atoms with Gasteiger partial charge in [-0.15, -0.1) is 0 Å². The lowest BCUT2D eigenvalue weighted by Gasteiger charge is -2.17. The summed E-state index contributed by atoms with van der Waals surface area (Å²) >= 11 is 0. The van der Waals surface area contributed by atoms with Crippen molar-refractivity contribution in [3.63, 3.8) is 0 Å². The van der Waals surface area contributed by atoms with Crippen LogP contribution in [0, 0.1) is 0 Å². The molecule has 22 heavy (non-hydrogen) atoms. The number of carbonyl (C=O) groups excluding carboxylic acids is 1. The molecule has 0 spiro atoms. The van der Waals surface area contributed by atoms with Gasteiger partial charge >= 0.3 is 0 Å². The average molecular weight is 298 g/mol. The van der Waals surface area contributed by atoms with Crippen LogP contribution >= 0.6 is 0 Å². The molecule has 116 valence electrons. The average Bonchev–Trinajstić information content (AvgIpc) is 2.48. The molecule has 0 bridgehead atoms. The molecule has 0 unspecified atom stereocenters. The third-order valence-corrected chi connectivity index (χ3v) is 3.19. The number of likely N-dealkylation sites (N-methyl/N-ethyl adjacent to an activating group) is 1. The zero-order valence-corrected chi connectivity index (χ0v) is 13.3. The molecular formula is C18H22N2O2. The van der Waals surface area contributed by atoms with Crippen LogP contribution in [-0.2, 0) is 17.8 Å². The molecule has 2 aromatic rings. The lowest BCUT2D eigenvalue weighted by Crippen LogP contribution is -2.27. The smallest absolute Gasteiger partial charge is 0.227 e. The molecule has 0 saturated carbocycles. The predicted molar refractivity (Wildman–Crippen MR) is 86.6 cm³/mol. The standard InChI is InChI=1S/C18H22N2O2/c1-14(2)22-17-8-4-6-15(10-17)11-18(21)20(3)13-16-7-5-9-19-12-16/h4-10,12,14H,11,13H2,1-3H3. The molecule has 1 aromatic heterocycles. The molecule has 1 amide bonds. The first kappa shape index (κ1) is 16.0. The van der Waals surface area contributed by atoms with Gasteiger partial charge in [-0.25, -0.2) is 0 Å².